The lowest BCUT2D eigenvalue weighted by molar-refractivity contribution is -0.387. The van der Waals surface area contributed by atoms with Gasteiger partial charge in [0.1, 0.15) is 6.10 Å². The first-order valence-corrected chi connectivity index (χ1v) is 5.38. The summed E-state index contributed by atoms with van der Waals surface area (Å²) in [5, 5.41) is 29.3. The SMILES string of the molecule is O=c1[nH]c(=O)n([C@@H]2O[C@H](CO)CC2O)cc1[N+](=O)[O-]. The van der Waals surface area contributed by atoms with Crippen LogP contribution in [0.2, 0.25) is 0 Å². The summed E-state index contributed by atoms with van der Waals surface area (Å²) in [6.45, 7) is -0.353. The molecule has 0 aromatic carbocycles. The van der Waals surface area contributed by atoms with Crippen LogP contribution >= 0.6 is 0 Å². The Kier molecular flexibility index (Phi) is 3.46. The predicted molar refractivity (Wildman–Crippen MR) is 59.6 cm³/mol. The molecule has 1 aromatic rings. The number of H-pyrrole nitrogens is 1. The summed E-state index contributed by atoms with van der Waals surface area (Å²) in [7, 11) is 0. The number of nitro groups is 1. The molecule has 0 aliphatic carbocycles. The number of aromatic amines is 1. The Morgan fingerprint density at radius 3 is 2.79 bits per heavy atom. The molecular weight excluding hydrogens is 262 g/mol. The summed E-state index contributed by atoms with van der Waals surface area (Å²) in [6.07, 6.45) is -2.16. The summed E-state index contributed by atoms with van der Waals surface area (Å²) in [5.41, 5.74) is -2.89. The fraction of sp³-hybridized carbons (Fsp3) is 0.556. The Labute approximate surface area is 105 Å². The minimum atomic E-state index is -1.18. The average Bonchev–Trinajstić information content (AvgIpc) is 2.70. The molecule has 0 amide bonds. The van der Waals surface area contributed by atoms with Crippen molar-refractivity contribution in [3.8, 4) is 0 Å². The lowest BCUT2D eigenvalue weighted by Gasteiger charge is -2.16. The number of aliphatic hydroxyl groups excluding tert-OH is 2. The van der Waals surface area contributed by atoms with Crippen molar-refractivity contribution in [2.75, 3.05) is 6.61 Å². The van der Waals surface area contributed by atoms with Gasteiger partial charge in [-0.2, -0.15) is 0 Å². The lowest BCUT2D eigenvalue weighted by Crippen LogP contribution is -2.36. The zero-order valence-corrected chi connectivity index (χ0v) is 9.55. The molecule has 10 nitrogen and oxygen atoms in total. The van der Waals surface area contributed by atoms with E-state index in [0.717, 1.165) is 10.8 Å². The summed E-state index contributed by atoms with van der Waals surface area (Å²) in [4.78, 5) is 34.2. The number of nitrogens with zero attached hydrogens (tertiary/aromatic N) is 2. The fourth-order valence-electron chi connectivity index (χ4n) is 1.89. The van der Waals surface area contributed by atoms with Crippen molar-refractivity contribution in [3.63, 3.8) is 0 Å². The van der Waals surface area contributed by atoms with Crippen LogP contribution in [0.15, 0.2) is 15.8 Å². The highest BCUT2D eigenvalue weighted by Gasteiger charge is 2.36. The Hall–Kier alpha value is -2.04. The van der Waals surface area contributed by atoms with E-state index in [4.69, 9.17) is 9.84 Å². The molecule has 104 valence electrons. The molecular formula is C9H11N3O7. The number of hydrogen-bond donors (Lipinski definition) is 3. The van der Waals surface area contributed by atoms with Crippen molar-refractivity contribution in [2.45, 2.75) is 24.9 Å². The number of aliphatic hydroxyl groups is 2. The maximum atomic E-state index is 11.6. The second-order valence-corrected chi connectivity index (χ2v) is 4.07. The van der Waals surface area contributed by atoms with Gasteiger partial charge in [0.05, 0.1) is 23.8 Å². The van der Waals surface area contributed by atoms with Gasteiger partial charge in [-0.25, -0.2) is 4.79 Å². The number of aromatic nitrogens is 2. The van der Waals surface area contributed by atoms with Gasteiger partial charge in [0.25, 0.3) is 0 Å². The predicted octanol–water partition coefficient (Wildman–Crippen LogP) is -1.91. The number of ether oxygens (including phenoxy) is 1. The average molecular weight is 273 g/mol. The van der Waals surface area contributed by atoms with Gasteiger partial charge in [0, 0.05) is 6.42 Å². The fourth-order valence-corrected chi connectivity index (χ4v) is 1.89. The van der Waals surface area contributed by atoms with Crippen molar-refractivity contribution in [2.24, 2.45) is 0 Å². The molecule has 1 aliphatic rings. The third-order valence-electron chi connectivity index (χ3n) is 2.79. The highest BCUT2D eigenvalue weighted by atomic mass is 16.6. The van der Waals surface area contributed by atoms with E-state index in [1.54, 1.807) is 4.98 Å². The van der Waals surface area contributed by atoms with Crippen LogP contribution in [0.3, 0.4) is 0 Å². The second kappa shape index (κ2) is 4.91. The molecule has 1 saturated heterocycles. The second-order valence-electron chi connectivity index (χ2n) is 4.07. The van der Waals surface area contributed by atoms with Crippen molar-refractivity contribution in [3.05, 3.63) is 37.1 Å². The van der Waals surface area contributed by atoms with Crippen molar-refractivity contribution < 1.29 is 19.9 Å². The van der Waals surface area contributed by atoms with Gasteiger partial charge in [0.15, 0.2) is 6.23 Å². The summed E-state index contributed by atoms with van der Waals surface area (Å²) in [6, 6.07) is 0. The molecule has 1 aliphatic heterocycles. The van der Waals surface area contributed by atoms with Crippen LogP contribution in [-0.2, 0) is 4.74 Å². The van der Waals surface area contributed by atoms with Crippen LogP contribution in [-0.4, -0.2) is 43.5 Å². The van der Waals surface area contributed by atoms with Gasteiger partial charge in [0.2, 0.25) is 0 Å². The third-order valence-corrected chi connectivity index (χ3v) is 2.79. The Bertz CT molecular complexity index is 607. The molecule has 0 saturated carbocycles. The first-order chi connectivity index (χ1) is 8.93. The minimum Gasteiger partial charge on any atom is -0.394 e. The maximum absolute atomic E-state index is 11.6. The monoisotopic (exact) mass is 273 g/mol. The van der Waals surface area contributed by atoms with Gasteiger partial charge in [-0.1, -0.05) is 0 Å². The highest BCUT2D eigenvalue weighted by molar-refractivity contribution is 5.21. The van der Waals surface area contributed by atoms with Crippen molar-refractivity contribution >= 4 is 5.69 Å². The summed E-state index contributed by atoms with van der Waals surface area (Å²) in [5.74, 6) is 0. The van der Waals surface area contributed by atoms with Crippen molar-refractivity contribution in [1.82, 2.24) is 9.55 Å². The highest BCUT2D eigenvalue weighted by Crippen LogP contribution is 2.27. The molecule has 19 heavy (non-hydrogen) atoms. The van der Waals surface area contributed by atoms with Crippen LogP contribution in [0.4, 0.5) is 5.69 Å². The molecule has 0 spiro atoms. The van der Waals surface area contributed by atoms with E-state index in [0.29, 0.717) is 0 Å². The van der Waals surface area contributed by atoms with Crippen LogP contribution in [0, 0.1) is 10.1 Å². The van der Waals surface area contributed by atoms with Gasteiger partial charge in [-0.3, -0.25) is 24.5 Å². The quantitative estimate of drug-likeness (QED) is 0.429. The topological polar surface area (TPSA) is 148 Å². The van der Waals surface area contributed by atoms with E-state index in [1.165, 1.54) is 0 Å². The standard InChI is InChI=1S/C9H11N3O7/c13-3-4-1-6(14)8(19-4)11-2-5(12(17)18)7(15)10-9(11)16/h2,4,6,8,13-14H,1,3H2,(H,10,15,16)/t4-,6?,8+/m0/s1. The molecule has 10 heteroatoms. The lowest BCUT2D eigenvalue weighted by atomic mass is 10.2. The van der Waals surface area contributed by atoms with E-state index < -0.39 is 40.3 Å². The van der Waals surface area contributed by atoms with E-state index in [9.17, 15) is 24.8 Å². The van der Waals surface area contributed by atoms with Crippen LogP contribution in [0.1, 0.15) is 12.6 Å². The largest absolute Gasteiger partial charge is 0.394 e. The molecule has 1 fully saturated rings. The molecule has 3 N–H and O–H groups in total. The maximum Gasteiger partial charge on any atom is 0.350 e. The van der Waals surface area contributed by atoms with Gasteiger partial charge < -0.3 is 14.9 Å². The molecule has 1 aromatic heterocycles. The molecule has 3 atom stereocenters. The summed E-state index contributed by atoms with van der Waals surface area (Å²) >= 11 is 0. The Balaban J connectivity index is 2.46. The molecule has 2 heterocycles. The van der Waals surface area contributed by atoms with E-state index >= 15 is 0 Å². The Morgan fingerprint density at radius 1 is 1.58 bits per heavy atom. The normalized spacial score (nSPS) is 26.5. The van der Waals surface area contributed by atoms with Gasteiger partial charge >= 0.3 is 16.9 Å². The first kappa shape index (κ1) is 13.4. The van der Waals surface area contributed by atoms with Crippen LogP contribution < -0.4 is 11.2 Å². The molecule has 2 rings (SSSR count). The van der Waals surface area contributed by atoms with Gasteiger partial charge in [-0.05, 0) is 0 Å². The molecule has 1 unspecified atom stereocenters. The Morgan fingerprint density at radius 2 is 2.26 bits per heavy atom. The minimum absolute atomic E-state index is 0.0839. The van der Waals surface area contributed by atoms with Crippen molar-refractivity contribution in [1.29, 1.82) is 0 Å². The molecule has 0 bridgehead atoms. The van der Waals surface area contributed by atoms with Gasteiger partial charge in [-0.15, -0.1) is 0 Å². The summed E-state index contributed by atoms with van der Waals surface area (Å²) < 4.78 is 5.92. The molecule has 0 radical (unpaired) electrons. The van der Waals surface area contributed by atoms with E-state index in [1.807, 2.05) is 0 Å². The first-order valence-electron chi connectivity index (χ1n) is 5.38. The number of hydrogen-bond acceptors (Lipinski definition) is 7. The zero-order valence-electron chi connectivity index (χ0n) is 9.55. The number of rotatable bonds is 3. The third kappa shape index (κ3) is 2.41. The van der Waals surface area contributed by atoms with E-state index in [-0.39, 0.29) is 13.0 Å². The van der Waals surface area contributed by atoms with Crippen LogP contribution in [0.25, 0.3) is 0 Å². The zero-order chi connectivity index (χ0) is 14.2. The van der Waals surface area contributed by atoms with E-state index in [2.05, 4.69) is 0 Å². The van der Waals surface area contributed by atoms with Crippen LogP contribution in [0.5, 0.6) is 0 Å². The number of nitrogens with one attached hydrogen (secondary N) is 1. The smallest absolute Gasteiger partial charge is 0.350 e.